The van der Waals surface area contributed by atoms with E-state index >= 15 is 0 Å². The van der Waals surface area contributed by atoms with Crippen molar-refractivity contribution >= 4 is 23.5 Å². The van der Waals surface area contributed by atoms with Gasteiger partial charge in [0.2, 0.25) is 0 Å². The van der Waals surface area contributed by atoms with Crippen molar-refractivity contribution in [3.05, 3.63) is 53.7 Å². The number of aromatic nitrogens is 1. The number of rotatable bonds is 4. The summed E-state index contributed by atoms with van der Waals surface area (Å²) in [7, 11) is 0. The van der Waals surface area contributed by atoms with Gasteiger partial charge in [0, 0.05) is 36.6 Å². The van der Waals surface area contributed by atoms with E-state index in [1.165, 1.54) is 5.56 Å². The number of pyridine rings is 1. The molecule has 1 fully saturated rings. The summed E-state index contributed by atoms with van der Waals surface area (Å²) in [6.07, 6.45) is 4.40. The molecule has 1 aromatic heterocycles. The maximum atomic E-state index is 12.5. The lowest BCUT2D eigenvalue weighted by molar-refractivity contribution is -0.142. The highest BCUT2D eigenvalue weighted by atomic mass is 16.4. The molecular formula is C21H24N4O3. The Hall–Kier alpha value is -3.09. The van der Waals surface area contributed by atoms with Gasteiger partial charge >= 0.3 is 12.0 Å². The first-order valence-corrected chi connectivity index (χ1v) is 9.67. The highest BCUT2D eigenvalue weighted by Crippen LogP contribution is 2.32. The summed E-state index contributed by atoms with van der Waals surface area (Å²) < 4.78 is 0. The van der Waals surface area contributed by atoms with Crippen LogP contribution in [0.3, 0.4) is 0 Å². The standard InChI is InChI=1S/C21H24N4O3/c26-20(27)14-7-9-16(10-8-14)23-21(28)24-18-5-3-4-15-12-25(13-17(15)18)19-6-1-2-11-22-19/h1-6,11,14,16H,7-10,12-13H2,(H,26,27)(H2,23,24,28). The van der Waals surface area contributed by atoms with Crippen LogP contribution in [0.5, 0.6) is 0 Å². The maximum absolute atomic E-state index is 12.5. The molecule has 146 valence electrons. The second-order valence-corrected chi connectivity index (χ2v) is 7.47. The van der Waals surface area contributed by atoms with Crippen molar-refractivity contribution in [1.29, 1.82) is 0 Å². The van der Waals surface area contributed by atoms with Gasteiger partial charge in [-0.2, -0.15) is 0 Å². The minimum absolute atomic E-state index is 0.0253. The van der Waals surface area contributed by atoms with Crippen molar-refractivity contribution < 1.29 is 14.7 Å². The molecule has 1 aliphatic heterocycles. The molecule has 0 bridgehead atoms. The number of anilines is 2. The van der Waals surface area contributed by atoms with E-state index in [9.17, 15) is 9.59 Å². The molecule has 3 N–H and O–H groups in total. The van der Waals surface area contributed by atoms with Crippen LogP contribution in [0.15, 0.2) is 42.6 Å². The van der Waals surface area contributed by atoms with Gasteiger partial charge in [0.1, 0.15) is 5.82 Å². The highest BCUT2D eigenvalue weighted by Gasteiger charge is 2.27. The molecular weight excluding hydrogens is 356 g/mol. The van der Waals surface area contributed by atoms with Crippen LogP contribution in [0.2, 0.25) is 0 Å². The number of nitrogens with one attached hydrogen (secondary N) is 2. The molecule has 2 aliphatic rings. The molecule has 1 aliphatic carbocycles. The number of fused-ring (bicyclic) bond motifs is 1. The van der Waals surface area contributed by atoms with Crippen LogP contribution in [0.1, 0.15) is 36.8 Å². The second kappa shape index (κ2) is 7.88. The van der Waals surface area contributed by atoms with Gasteiger partial charge in [-0.05, 0) is 49.4 Å². The number of hydrogen-bond acceptors (Lipinski definition) is 4. The van der Waals surface area contributed by atoms with E-state index in [0.717, 1.165) is 23.6 Å². The summed E-state index contributed by atoms with van der Waals surface area (Å²) >= 11 is 0. The van der Waals surface area contributed by atoms with E-state index < -0.39 is 5.97 Å². The van der Waals surface area contributed by atoms with Crippen LogP contribution >= 0.6 is 0 Å². The summed E-state index contributed by atoms with van der Waals surface area (Å²) in [5.41, 5.74) is 3.11. The lowest BCUT2D eigenvalue weighted by Crippen LogP contribution is -2.41. The number of urea groups is 1. The highest BCUT2D eigenvalue weighted by molar-refractivity contribution is 5.90. The molecule has 7 heteroatoms. The first-order valence-electron chi connectivity index (χ1n) is 9.67. The van der Waals surface area contributed by atoms with Gasteiger partial charge in [-0.1, -0.05) is 18.2 Å². The predicted octanol–water partition coefficient (Wildman–Crippen LogP) is 3.37. The van der Waals surface area contributed by atoms with Gasteiger partial charge in [-0.3, -0.25) is 4.79 Å². The number of carbonyl (C=O) groups excluding carboxylic acids is 1. The molecule has 1 saturated carbocycles. The fourth-order valence-electron chi connectivity index (χ4n) is 4.07. The van der Waals surface area contributed by atoms with Crippen molar-refractivity contribution in [3.8, 4) is 0 Å². The number of amides is 2. The zero-order valence-corrected chi connectivity index (χ0v) is 15.6. The lowest BCUT2D eigenvalue weighted by atomic mass is 9.86. The van der Waals surface area contributed by atoms with E-state index in [2.05, 4.69) is 26.6 Å². The number of benzene rings is 1. The maximum Gasteiger partial charge on any atom is 0.319 e. The number of carbonyl (C=O) groups is 2. The lowest BCUT2D eigenvalue weighted by Gasteiger charge is -2.27. The first-order chi connectivity index (χ1) is 13.6. The Morgan fingerprint density at radius 3 is 2.57 bits per heavy atom. The summed E-state index contributed by atoms with van der Waals surface area (Å²) in [5, 5.41) is 15.1. The molecule has 2 aromatic rings. The minimum Gasteiger partial charge on any atom is -0.481 e. The van der Waals surface area contributed by atoms with Crippen molar-refractivity contribution in [1.82, 2.24) is 10.3 Å². The van der Waals surface area contributed by atoms with Crippen molar-refractivity contribution in [2.75, 3.05) is 10.2 Å². The molecule has 1 aromatic carbocycles. The zero-order valence-electron chi connectivity index (χ0n) is 15.6. The summed E-state index contributed by atoms with van der Waals surface area (Å²) in [6, 6.07) is 11.6. The fourth-order valence-corrected chi connectivity index (χ4v) is 4.07. The third kappa shape index (κ3) is 3.93. The molecule has 0 saturated heterocycles. The molecule has 0 atom stereocenters. The first kappa shape index (κ1) is 18.3. The summed E-state index contributed by atoms with van der Waals surface area (Å²) in [4.78, 5) is 30.1. The topological polar surface area (TPSA) is 94.6 Å². The fraction of sp³-hybridized carbons (Fsp3) is 0.381. The van der Waals surface area contributed by atoms with Crippen LogP contribution in [0.4, 0.5) is 16.3 Å². The van der Waals surface area contributed by atoms with E-state index in [0.29, 0.717) is 32.2 Å². The Balaban J connectivity index is 1.37. The van der Waals surface area contributed by atoms with Crippen LogP contribution in [0.25, 0.3) is 0 Å². The van der Waals surface area contributed by atoms with Crippen molar-refractivity contribution in [3.63, 3.8) is 0 Å². The third-order valence-corrected chi connectivity index (χ3v) is 5.62. The van der Waals surface area contributed by atoms with Crippen LogP contribution in [0, 0.1) is 5.92 Å². The largest absolute Gasteiger partial charge is 0.481 e. The number of carboxylic acid groups (broad SMARTS) is 1. The van der Waals surface area contributed by atoms with Crippen LogP contribution < -0.4 is 15.5 Å². The van der Waals surface area contributed by atoms with E-state index in [1.54, 1.807) is 6.20 Å². The SMILES string of the molecule is O=C(Nc1cccc2c1CN(c1ccccn1)C2)NC1CCC(C(=O)O)CC1. The Labute approximate surface area is 163 Å². The van der Waals surface area contributed by atoms with E-state index in [4.69, 9.17) is 5.11 Å². The second-order valence-electron chi connectivity index (χ2n) is 7.47. The van der Waals surface area contributed by atoms with Gasteiger partial charge in [-0.25, -0.2) is 9.78 Å². The quantitative estimate of drug-likeness (QED) is 0.756. The number of carboxylic acids is 1. The van der Waals surface area contributed by atoms with Gasteiger partial charge in [0.15, 0.2) is 0 Å². The third-order valence-electron chi connectivity index (χ3n) is 5.62. The minimum atomic E-state index is -0.736. The molecule has 4 rings (SSSR count). The number of hydrogen-bond donors (Lipinski definition) is 3. The van der Waals surface area contributed by atoms with Gasteiger partial charge in [-0.15, -0.1) is 0 Å². The Bertz CT molecular complexity index is 863. The van der Waals surface area contributed by atoms with E-state index in [1.807, 2.05) is 30.3 Å². The monoisotopic (exact) mass is 380 g/mol. The molecule has 0 spiro atoms. The van der Waals surface area contributed by atoms with Crippen LogP contribution in [-0.2, 0) is 17.9 Å². The Morgan fingerprint density at radius 1 is 1.04 bits per heavy atom. The average molecular weight is 380 g/mol. The molecule has 2 heterocycles. The summed E-state index contributed by atoms with van der Waals surface area (Å²) in [5.74, 6) is -0.0967. The average Bonchev–Trinajstić information content (AvgIpc) is 3.14. The molecule has 0 unspecified atom stereocenters. The zero-order chi connectivity index (χ0) is 19.5. The van der Waals surface area contributed by atoms with E-state index in [-0.39, 0.29) is 18.0 Å². The number of aliphatic carboxylic acids is 1. The molecule has 2 amide bonds. The molecule has 28 heavy (non-hydrogen) atoms. The normalized spacial score (nSPS) is 21.1. The van der Waals surface area contributed by atoms with Crippen molar-refractivity contribution in [2.24, 2.45) is 5.92 Å². The smallest absolute Gasteiger partial charge is 0.319 e. The Kier molecular flexibility index (Phi) is 5.14. The van der Waals surface area contributed by atoms with Crippen molar-refractivity contribution in [2.45, 2.75) is 44.8 Å². The predicted molar refractivity (Wildman–Crippen MR) is 106 cm³/mol. The molecule has 0 radical (unpaired) electrons. The summed E-state index contributed by atoms with van der Waals surface area (Å²) in [6.45, 7) is 1.47. The number of nitrogens with zero attached hydrogens (tertiary/aromatic N) is 2. The van der Waals surface area contributed by atoms with Crippen LogP contribution in [-0.4, -0.2) is 28.1 Å². The molecule has 7 nitrogen and oxygen atoms in total. The van der Waals surface area contributed by atoms with Gasteiger partial charge in [0.25, 0.3) is 0 Å². The van der Waals surface area contributed by atoms with Gasteiger partial charge < -0.3 is 20.6 Å². The van der Waals surface area contributed by atoms with Gasteiger partial charge in [0.05, 0.1) is 5.92 Å². The Morgan fingerprint density at radius 2 is 1.86 bits per heavy atom.